The Morgan fingerprint density at radius 3 is 2.48 bits per heavy atom. The van der Waals surface area contributed by atoms with Crippen molar-refractivity contribution in [3.63, 3.8) is 0 Å². The number of hydrogen-bond acceptors (Lipinski definition) is 3. The number of nitrogens with one attached hydrogen (secondary N) is 1. The van der Waals surface area contributed by atoms with Gasteiger partial charge in [-0.1, -0.05) is 17.7 Å². The van der Waals surface area contributed by atoms with Crippen LogP contribution in [0.2, 0.25) is 5.02 Å². The fourth-order valence-electron chi connectivity index (χ4n) is 1.66. The second-order valence-electron chi connectivity index (χ2n) is 4.20. The van der Waals surface area contributed by atoms with Gasteiger partial charge >= 0.3 is 0 Å². The maximum atomic E-state index is 13.8. The van der Waals surface area contributed by atoms with E-state index < -0.39 is 26.6 Å². The van der Waals surface area contributed by atoms with Gasteiger partial charge in [-0.05, 0) is 35.9 Å². The predicted molar refractivity (Wildman–Crippen MR) is 76.5 cm³/mol. The first-order chi connectivity index (χ1) is 9.83. The highest BCUT2D eigenvalue weighted by Crippen LogP contribution is 2.26. The summed E-state index contributed by atoms with van der Waals surface area (Å²) in [4.78, 5) is -0.569. The lowest BCUT2D eigenvalue weighted by atomic mass is 10.2. The summed E-state index contributed by atoms with van der Waals surface area (Å²) < 4.78 is 53.3. The van der Waals surface area contributed by atoms with Gasteiger partial charge in [0, 0.05) is 6.54 Å². The van der Waals surface area contributed by atoms with E-state index in [1.807, 2.05) is 0 Å². The summed E-state index contributed by atoms with van der Waals surface area (Å²) in [6.07, 6.45) is 0. The molecule has 2 aromatic carbocycles. The molecule has 0 bridgehead atoms. The fourth-order valence-corrected chi connectivity index (χ4v) is 3.02. The van der Waals surface area contributed by atoms with Crippen LogP contribution in [0.25, 0.3) is 0 Å². The van der Waals surface area contributed by atoms with Crippen LogP contribution in [0.5, 0.6) is 0 Å². The van der Waals surface area contributed by atoms with Gasteiger partial charge in [-0.15, -0.1) is 0 Å². The van der Waals surface area contributed by atoms with Crippen LogP contribution >= 0.6 is 11.6 Å². The summed E-state index contributed by atoms with van der Waals surface area (Å²) >= 11 is 5.77. The minimum Gasteiger partial charge on any atom is -0.326 e. The second-order valence-corrected chi connectivity index (χ2v) is 6.26. The molecule has 21 heavy (non-hydrogen) atoms. The topological polar surface area (TPSA) is 72.2 Å². The van der Waals surface area contributed by atoms with Crippen LogP contribution in [-0.2, 0) is 16.6 Å². The van der Waals surface area contributed by atoms with Gasteiger partial charge in [0.25, 0.3) is 10.0 Å². The van der Waals surface area contributed by atoms with Crippen molar-refractivity contribution in [2.75, 3.05) is 4.72 Å². The van der Waals surface area contributed by atoms with E-state index in [2.05, 4.69) is 4.72 Å². The Morgan fingerprint density at radius 2 is 1.86 bits per heavy atom. The number of sulfonamides is 1. The summed E-state index contributed by atoms with van der Waals surface area (Å²) in [7, 11) is -4.23. The minimum atomic E-state index is -4.23. The van der Waals surface area contributed by atoms with E-state index in [1.54, 1.807) is 0 Å². The molecule has 3 N–H and O–H groups in total. The zero-order valence-corrected chi connectivity index (χ0v) is 12.2. The van der Waals surface area contributed by atoms with E-state index in [0.717, 1.165) is 24.3 Å². The van der Waals surface area contributed by atoms with E-state index >= 15 is 0 Å². The zero-order valence-electron chi connectivity index (χ0n) is 10.6. The number of benzene rings is 2. The molecule has 0 amide bonds. The van der Waals surface area contributed by atoms with Gasteiger partial charge in [-0.2, -0.15) is 0 Å². The molecule has 0 aliphatic rings. The van der Waals surface area contributed by atoms with Gasteiger partial charge in [0.15, 0.2) is 0 Å². The number of rotatable bonds is 4. The van der Waals surface area contributed by atoms with Crippen molar-refractivity contribution in [1.29, 1.82) is 0 Å². The van der Waals surface area contributed by atoms with Crippen LogP contribution in [-0.4, -0.2) is 8.42 Å². The largest absolute Gasteiger partial charge is 0.326 e. The predicted octanol–water partition coefficient (Wildman–Crippen LogP) is 2.88. The van der Waals surface area contributed by atoms with E-state index in [0.29, 0.717) is 5.56 Å². The van der Waals surface area contributed by atoms with Crippen molar-refractivity contribution in [3.8, 4) is 0 Å². The first kappa shape index (κ1) is 15.7. The Labute approximate surface area is 125 Å². The monoisotopic (exact) mass is 332 g/mol. The number of anilines is 1. The summed E-state index contributed by atoms with van der Waals surface area (Å²) in [6, 6.07) is 6.70. The van der Waals surface area contributed by atoms with E-state index in [9.17, 15) is 17.2 Å². The normalized spacial score (nSPS) is 11.4. The molecule has 0 aliphatic carbocycles. The van der Waals surface area contributed by atoms with Gasteiger partial charge in [-0.25, -0.2) is 17.2 Å². The van der Waals surface area contributed by atoms with E-state index in [1.165, 1.54) is 12.1 Å². The molecular weight excluding hydrogens is 322 g/mol. The van der Waals surface area contributed by atoms with Gasteiger partial charge in [0.05, 0.1) is 10.7 Å². The third-order valence-corrected chi connectivity index (χ3v) is 4.42. The molecule has 2 aromatic rings. The lowest BCUT2D eigenvalue weighted by molar-refractivity contribution is 0.569. The Morgan fingerprint density at radius 1 is 1.14 bits per heavy atom. The van der Waals surface area contributed by atoms with E-state index in [-0.39, 0.29) is 17.3 Å². The Hall–Kier alpha value is -1.70. The molecule has 2 rings (SSSR count). The van der Waals surface area contributed by atoms with Crippen LogP contribution in [0, 0.1) is 11.6 Å². The summed E-state index contributed by atoms with van der Waals surface area (Å²) in [5, 5.41) is -0.000962. The van der Waals surface area contributed by atoms with Crippen LogP contribution in [0.1, 0.15) is 5.56 Å². The SMILES string of the molecule is NCc1ccc(S(=O)(=O)Nc2cc(F)ccc2Cl)c(F)c1. The van der Waals surface area contributed by atoms with Crippen LogP contribution in [0.4, 0.5) is 14.5 Å². The van der Waals surface area contributed by atoms with Crippen LogP contribution in [0.3, 0.4) is 0 Å². The second kappa shape index (κ2) is 5.97. The summed E-state index contributed by atoms with van der Waals surface area (Å²) in [6.45, 7) is 0.0837. The quantitative estimate of drug-likeness (QED) is 0.904. The third-order valence-electron chi connectivity index (χ3n) is 2.69. The van der Waals surface area contributed by atoms with Gasteiger partial charge < -0.3 is 5.73 Å². The summed E-state index contributed by atoms with van der Waals surface area (Å²) in [5.74, 6) is -1.62. The van der Waals surface area contributed by atoms with Crippen molar-refractivity contribution in [2.45, 2.75) is 11.4 Å². The molecule has 112 valence electrons. The zero-order chi connectivity index (χ0) is 15.6. The average molecular weight is 333 g/mol. The smallest absolute Gasteiger partial charge is 0.264 e. The molecule has 8 heteroatoms. The lowest BCUT2D eigenvalue weighted by Crippen LogP contribution is -2.15. The molecule has 0 unspecified atom stereocenters. The minimum absolute atomic E-state index is 0.000962. The number of hydrogen-bond donors (Lipinski definition) is 2. The molecule has 0 spiro atoms. The molecule has 0 saturated carbocycles. The maximum Gasteiger partial charge on any atom is 0.264 e. The highest BCUT2D eigenvalue weighted by molar-refractivity contribution is 7.92. The molecule has 0 aliphatic heterocycles. The van der Waals surface area contributed by atoms with Crippen molar-refractivity contribution < 1.29 is 17.2 Å². The lowest BCUT2D eigenvalue weighted by Gasteiger charge is -2.11. The highest BCUT2D eigenvalue weighted by Gasteiger charge is 2.20. The first-order valence-electron chi connectivity index (χ1n) is 5.80. The van der Waals surface area contributed by atoms with Gasteiger partial charge in [0.1, 0.15) is 16.5 Å². The standard InChI is InChI=1S/C13H11ClF2N2O2S/c14-10-3-2-9(15)6-12(10)18-21(19,20)13-4-1-8(7-17)5-11(13)16/h1-6,18H,7,17H2. The molecule has 0 radical (unpaired) electrons. The third kappa shape index (κ3) is 3.49. The number of halogens is 3. The highest BCUT2D eigenvalue weighted by atomic mass is 35.5. The molecule has 0 saturated heterocycles. The molecule has 0 atom stereocenters. The van der Waals surface area contributed by atoms with Crippen molar-refractivity contribution in [3.05, 3.63) is 58.6 Å². The summed E-state index contributed by atoms with van der Waals surface area (Å²) in [5.41, 5.74) is 5.63. The Bertz CT molecular complexity index is 782. The van der Waals surface area contributed by atoms with Crippen LogP contribution < -0.4 is 10.5 Å². The van der Waals surface area contributed by atoms with Crippen molar-refractivity contribution in [1.82, 2.24) is 0 Å². The maximum absolute atomic E-state index is 13.8. The molecular formula is C13H11ClF2N2O2S. The Kier molecular flexibility index (Phi) is 4.46. The average Bonchev–Trinajstić information content (AvgIpc) is 2.42. The fraction of sp³-hybridized carbons (Fsp3) is 0.0769. The van der Waals surface area contributed by atoms with Gasteiger partial charge in [-0.3, -0.25) is 4.72 Å². The Balaban J connectivity index is 2.41. The van der Waals surface area contributed by atoms with Gasteiger partial charge in [0.2, 0.25) is 0 Å². The van der Waals surface area contributed by atoms with Crippen molar-refractivity contribution >= 4 is 27.3 Å². The van der Waals surface area contributed by atoms with Crippen molar-refractivity contribution in [2.24, 2.45) is 5.73 Å². The van der Waals surface area contributed by atoms with Crippen LogP contribution in [0.15, 0.2) is 41.3 Å². The number of nitrogens with two attached hydrogens (primary N) is 1. The van der Waals surface area contributed by atoms with E-state index in [4.69, 9.17) is 17.3 Å². The molecule has 4 nitrogen and oxygen atoms in total. The molecule has 0 heterocycles. The molecule has 0 fully saturated rings. The molecule has 0 aromatic heterocycles. The first-order valence-corrected chi connectivity index (χ1v) is 7.66.